The number of nitrogens with one attached hydrogen (secondary N) is 2. The van der Waals surface area contributed by atoms with Crippen LogP contribution in [0.2, 0.25) is 0 Å². The fourth-order valence-corrected chi connectivity index (χ4v) is 2.52. The Morgan fingerprint density at radius 3 is 2.73 bits per heavy atom. The topological polar surface area (TPSA) is 79.3 Å². The summed E-state index contributed by atoms with van der Waals surface area (Å²) >= 11 is 0. The number of nitrogens with zero attached hydrogens (tertiary/aromatic N) is 3. The van der Waals surface area contributed by atoms with E-state index in [9.17, 15) is 9.59 Å². The van der Waals surface area contributed by atoms with Crippen LogP contribution >= 0.6 is 0 Å². The van der Waals surface area contributed by atoms with Crippen molar-refractivity contribution in [2.45, 2.75) is 13.5 Å². The zero-order chi connectivity index (χ0) is 15.9. The molecule has 0 saturated carbocycles. The van der Waals surface area contributed by atoms with Crippen LogP contribution in [-0.4, -0.2) is 33.7 Å². The molecule has 0 unspecified atom stereocenters. The van der Waals surface area contributed by atoms with E-state index in [1.54, 1.807) is 35.8 Å². The Balaban J connectivity index is 1.73. The molecule has 0 fully saturated rings. The first-order chi connectivity index (χ1) is 10.4. The van der Waals surface area contributed by atoms with E-state index in [-0.39, 0.29) is 11.9 Å². The molecule has 3 rings (SSSR count). The van der Waals surface area contributed by atoms with E-state index in [1.165, 1.54) is 0 Å². The molecule has 0 saturated heterocycles. The van der Waals surface area contributed by atoms with Crippen LogP contribution in [0.1, 0.15) is 21.5 Å². The Bertz CT molecular complexity index is 765. The van der Waals surface area contributed by atoms with Gasteiger partial charge in [0.15, 0.2) is 5.82 Å². The summed E-state index contributed by atoms with van der Waals surface area (Å²) in [5.74, 6) is 0.483. The van der Waals surface area contributed by atoms with E-state index in [1.807, 2.05) is 19.2 Å². The maximum atomic E-state index is 12.0. The number of anilines is 2. The van der Waals surface area contributed by atoms with Crippen molar-refractivity contribution in [1.29, 1.82) is 0 Å². The molecule has 7 nitrogen and oxygen atoms in total. The van der Waals surface area contributed by atoms with Gasteiger partial charge in [-0.05, 0) is 24.6 Å². The minimum atomic E-state index is -0.388. The number of aryl methyl sites for hydroxylation is 2. The molecule has 22 heavy (non-hydrogen) atoms. The third-order valence-electron chi connectivity index (χ3n) is 3.60. The molecular formula is C15H17N5O2. The number of aromatic nitrogens is 2. The lowest BCUT2D eigenvalue weighted by Gasteiger charge is -2.07. The van der Waals surface area contributed by atoms with Crippen molar-refractivity contribution in [3.8, 4) is 0 Å². The number of carbonyl (C=O) groups excluding carboxylic acids is 2. The van der Waals surface area contributed by atoms with Crippen molar-refractivity contribution in [2.75, 3.05) is 17.7 Å². The summed E-state index contributed by atoms with van der Waals surface area (Å²) in [5.41, 5.74) is 3.06. The van der Waals surface area contributed by atoms with E-state index in [0.29, 0.717) is 23.6 Å². The van der Waals surface area contributed by atoms with Crippen LogP contribution in [0.4, 0.5) is 16.3 Å². The molecule has 1 aliphatic rings. The SMILES string of the molecule is Cc1cn(C)nc1NC(=O)Nc1ccc2c(c1)C(=O)N(C)C2. The fourth-order valence-electron chi connectivity index (χ4n) is 2.52. The molecule has 3 amide bonds. The fraction of sp³-hybridized carbons (Fsp3) is 0.267. The summed E-state index contributed by atoms with van der Waals surface area (Å²) in [4.78, 5) is 25.6. The van der Waals surface area contributed by atoms with Crippen molar-refractivity contribution >= 4 is 23.4 Å². The molecule has 0 spiro atoms. The van der Waals surface area contributed by atoms with Gasteiger partial charge >= 0.3 is 6.03 Å². The smallest absolute Gasteiger partial charge is 0.324 e. The van der Waals surface area contributed by atoms with Gasteiger partial charge in [-0.15, -0.1) is 0 Å². The van der Waals surface area contributed by atoms with Crippen molar-refractivity contribution in [3.63, 3.8) is 0 Å². The third kappa shape index (κ3) is 2.52. The number of rotatable bonds is 2. The lowest BCUT2D eigenvalue weighted by Crippen LogP contribution is -2.20. The van der Waals surface area contributed by atoms with E-state index in [2.05, 4.69) is 15.7 Å². The number of benzene rings is 1. The minimum Gasteiger partial charge on any atom is -0.337 e. The Morgan fingerprint density at radius 1 is 1.27 bits per heavy atom. The highest BCUT2D eigenvalue weighted by molar-refractivity contribution is 6.02. The Kier molecular flexibility index (Phi) is 3.32. The summed E-state index contributed by atoms with van der Waals surface area (Å²) in [6.07, 6.45) is 1.82. The van der Waals surface area contributed by atoms with Gasteiger partial charge in [0, 0.05) is 43.7 Å². The highest BCUT2D eigenvalue weighted by Gasteiger charge is 2.24. The molecule has 0 atom stereocenters. The van der Waals surface area contributed by atoms with Gasteiger partial charge in [-0.2, -0.15) is 5.10 Å². The average Bonchev–Trinajstić information content (AvgIpc) is 2.91. The zero-order valence-electron chi connectivity index (χ0n) is 12.7. The summed E-state index contributed by atoms with van der Waals surface area (Å²) < 4.78 is 1.63. The van der Waals surface area contributed by atoms with E-state index >= 15 is 0 Å². The molecule has 1 aromatic heterocycles. The molecule has 114 valence electrons. The maximum absolute atomic E-state index is 12.0. The molecule has 1 aromatic carbocycles. The second kappa shape index (κ2) is 5.18. The molecule has 2 aromatic rings. The van der Waals surface area contributed by atoms with Crippen molar-refractivity contribution in [3.05, 3.63) is 41.1 Å². The van der Waals surface area contributed by atoms with Crippen LogP contribution in [-0.2, 0) is 13.6 Å². The van der Waals surface area contributed by atoms with Gasteiger partial charge in [0.25, 0.3) is 5.91 Å². The van der Waals surface area contributed by atoms with E-state index in [0.717, 1.165) is 11.1 Å². The quantitative estimate of drug-likeness (QED) is 0.889. The second-order valence-electron chi connectivity index (χ2n) is 5.45. The first-order valence-electron chi connectivity index (χ1n) is 6.90. The monoisotopic (exact) mass is 299 g/mol. The van der Waals surface area contributed by atoms with Crippen molar-refractivity contribution < 1.29 is 9.59 Å². The standard InChI is InChI=1S/C15H17N5O2/c1-9-7-20(3)18-13(9)17-15(22)16-11-5-4-10-8-19(2)14(21)12(10)6-11/h4-7H,8H2,1-3H3,(H2,16,17,18,22). The molecule has 2 heterocycles. The van der Waals surface area contributed by atoms with Gasteiger partial charge in [0.05, 0.1) is 0 Å². The third-order valence-corrected chi connectivity index (χ3v) is 3.60. The zero-order valence-corrected chi connectivity index (χ0v) is 12.7. The highest BCUT2D eigenvalue weighted by atomic mass is 16.2. The summed E-state index contributed by atoms with van der Waals surface area (Å²) in [6, 6.07) is 4.96. The van der Waals surface area contributed by atoms with Crippen LogP contribution in [0.5, 0.6) is 0 Å². The first-order valence-corrected chi connectivity index (χ1v) is 6.90. The number of hydrogen-bond donors (Lipinski definition) is 2. The molecular weight excluding hydrogens is 282 g/mol. The molecule has 0 bridgehead atoms. The molecule has 7 heteroatoms. The number of amides is 3. The normalized spacial score (nSPS) is 13.2. The molecule has 2 N–H and O–H groups in total. The van der Waals surface area contributed by atoms with Gasteiger partial charge in [-0.25, -0.2) is 4.79 Å². The molecule has 0 radical (unpaired) electrons. The lowest BCUT2D eigenvalue weighted by molar-refractivity contribution is 0.0816. The largest absolute Gasteiger partial charge is 0.337 e. The molecule has 0 aliphatic carbocycles. The van der Waals surface area contributed by atoms with Crippen molar-refractivity contribution in [2.24, 2.45) is 7.05 Å². The van der Waals surface area contributed by atoms with Crippen LogP contribution in [0.3, 0.4) is 0 Å². The first kappa shape index (κ1) is 14.1. The summed E-state index contributed by atoms with van der Waals surface area (Å²) in [5, 5.41) is 9.57. The van der Waals surface area contributed by atoms with Crippen LogP contribution < -0.4 is 10.6 Å². The average molecular weight is 299 g/mol. The van der Waals surface area contributed by atoms with Crippen molar-refractivity contribution in [1.82, 2.24) is 14.7 Å². The highest BCUT2D eigenvalue weighted by Crippen LogP contribution is 2.24. The number of carbonyl (C=O) groups is 2. The van der Waals surface area contributed by atoms with Gasteiger partial charge < -0.3 is 10.2 Å². The minimum absolute atomic E-state index is 0.0281. The van der Waals surface area contributed by atoms with Crippen LogP contribution in [0, 0.1) is 6.92 Å². The van der Waals surface area contributed by atoms with Gasteiger partial charge in [0.1, 0.15) is 0 Å². The Morgan fingerprint density at radius 2 is 2.05 bits per heavy atom. The second-order valence-corrected chi connectivity index (χ2v) is 5.45. The maximum Gasteiger partial charge on any atom is 0.324 e. The van der Waals surface area contributed by atoms with E-state index < -0.39 is 0 Å². The number of fused-ring (bicyclic) bond motifs is 1. The van der Waals surface area contributed by atoms with Crippen LogP contribution in [0.25, 0.3) is 0 Å². The van der Waals surface area contributed by atoms with Gasteiger partial charge in [-0.1, -0.05) is 6.07 Å². The van der Waals surface area contributed by atoms with Gasteiger partial charge in [0.2, 0.25) is 0 Å². The van der Waals surface area contributed by atoms with E-state index in [4.69, 9.17) is 0 Å². The van der Waals surface area contributed by atoms with Crippen LogP contribution in [0.15, 0.2) is 24.4 Å². The molecule has 1 aliphatic heterocycles. The Hall–Kier alpha value is -2.83. The Labute approximate surface area is 127 Å². The summed E-state index contributed by atoms with van der Waals surface area (Å²) in [7, 11) is 3.55. The summed E-state index contributed by atoms with van der Waals surface area (Å²) in [6.45, 7) is 2.47. The lowest BCUT2D eigenvalue weighted by atomic mass is 10.1. The van der Waals surface area contributed by atoms with Gasteiger partial charge in [-0.3, -0.25) is 14.8 Å². The number of urea groups is 1. The predicted molar refractivity (Wildman–Crippen MR) is 82.8 cm³/mol. The predicted octanol–water partition coefficient (Wildman–Crippen LogP) is 1.96. The number of hydrogen-bond acceptors (Lipinski definition) is 3.